The molecule has 3 heterocycles. The summed E-state index contributed by atoms with van der Waals surface area (Å²) in [5, 5.41) is 1.10. The van der Waals surface area contributed by atoms with Crippen molar-refractivity contribution in [2.45, 2.75) is 25.3 Å². The number of thiazole rings is 1. The van der Waals surface area contributed by atoms with Gasteiger partial charge in [0.05, 0.1) is 10.7 Å². The first kappa shape index (κ1) is 16.7. The van der Waals surface area contributed by atoms with Crippen LogP contribution in [0.1, 0.15) is 21.1 Å². The average Bonchev–Trinajstić information content (AvgIpc) is 3.05. The van der Waals surface area contributed by atoms with Gasteiger partial charge >= 0.3 is 0 Å². The minimum absolute atomic E-state index is 0.322. The van der Waals surface area contributed by atoms with E-state index in [2.05, 4.69) is 26.1 Å². The average molecular weight is 377 g/mol. The predicted molar refractivity (Wildman–Crippen MR) is 98.6 cm³/mol. The Morgan fingerprint density at radius 1 is 1.12 bits per heavy atom. The zero-order chi connectivity index (χ0) is 17.6. The van der Waals surface area contributed by atoms with Crippen LogP contribution < -0.4 is 0 Å². The topological polar surface area (TPSA) is 65.9 Å². The molecule has 6 nitrogen and oxygen atoms in total. The number of hydrogen-bond donors (Lipinski definition) is 0. The van der Waals surface area contributed by atoms with Gasteiger partial charge in [-0.1, -0.05) is 12.1 Å². The van der Waals surface area contributed by atoms with Gasteiger partial charge in [-0.15, -0.1) is 15.7 Å². The van der Waals surface area contributed by atoms with Crippen molar-refractivity contribution >= 4 is 27.2 Å². The summed E-state index contributed by atoms with van der Waals surface area (Å²) in [6.07, 6.45) is 0. The first-order chi connectivity index (χ1) is 11.9. The van der Waals surface area contributed by atoms with Gasteiger partial charge in [-0.3, -0.25) is 4.90 Å². The Hall–Kier alpha value is -1.77. The summed E-state index contributed by atoms with van der Waals surface area (Å²) >= 11 is 1.76. The molecule has 1 aromatic carbocycles. The largest absolute Gasteiger partial charge is 0.353 e. The Balaban J connectivity index is 1.47. The van der Waals surface area contributed by atoms with Gasteiger partial charge in [-0.2, -0.15) is 8.42 Å². The van der Waals surface area contributed by atoms with Gasteiger partial charge in [0.15, 0.2) is 5.84 Å². The molecule has 0 radical (unpaired) electrons. The van der Waals surface area contributed by atoms with Crippen LogP contribution in [0, 0.1) is 13.8 Å². The first-order valence-electron chi connectivity index (χ1n) is 8.28. The number of aromatic nitrogens is 1. The Labute approximate surface area is 151 Å². The van der Waals surface area contributed by atoms with Crippen molar-refractivity contribution in [2.24, 2.45) is 4.40 Å². The van der Waals surface area contributed by atoms with Gasteiger partial charge in [0.1, 0.15) is 4.90 Å². The van der Waals surface area contributed by atoms with E-state index in [0.29, 0.717) is 10.7 Å². The van der Waals surface area contributed by atoms with Crippen LogP contribution in [0.25, 0.3) is 0 Å². The van der Waals surface area contributed by atoms with Crippen LogP contribution >= 0.6 is 11.3 Å². The summed E-state index contributed by atoms with van der Waals surface area (Å²) in [7, 11) is -3.54. The van der Waals surface area contributed by atoms with E-state index in [4.69, 9.17) is 0 Å². The number of amidine groups is 1. The molecule has 8 heteroatoms. The van der Waals surface area contributed by atoms with Crippen LogP contribution in [-0.4, -0.2) is 55.2 Å². The molecule has 132 valence electrons. The number of benzene rings is 1. The molecule has 2 aliphatic heterocycles. The number of piperazine rings is 1. The fourth-order valence-corrected chi connectivity index (χ4v) is 5.56. The smallest absolute Gasteiger partial charge is 0.285 e. The molecule has 0 spiro atoms. The minimum atomic E-state index is -3.54. The second-order valence-electron chi connectivity index (χ2n) is 6.39. The number of hydrogen-bond acceptors (Lipinski definition) is 6. The van der Waals surface area contributed by atoms with Gasteiger partial charge in [0, 0.05) is 43.2 Å². The molecule has 0 atom stereocenters. The molecule has 2 aromatic rings. The highest BCUT2D eigenvalue weighted by atomic mass is 32.2. The van der Waals surface area contributed by atoms with Crippen molar-refractivity contribution in [1.29, 1.82) is 0 Å². The lowest BCUT2D eigenvalue weighted by atomic mass is 10.1. The monoisotopic (exact) mass is 376 g/mol. The summed E-state index contributed by atoms with van der Waals surface area (Å²) in [5.74, 6) is 0.597. The van der Waals surface area contributed by atoms with Crippen molar-refractivity contribution in [3.8, 4) is 0 Å². The van der Waals surface area contributed by atoms with Crippen LogP contribution in [0.15, 0.2) is 33.6 Å². The van der Waals surface area contributed by atoms with E-state index in [1.807, 2.05) is 19.1 Å². The molecule has 0 unspecified atom stereocenters. The fourth-order valence-electron chi connectivity index (χ4n) is 3.36. The Morgan fingerprint density at radius 2 is 1.84 bits per heavy atom. The molecule has 1 saturated heterocycles. The molecule has 1 fully saturated rings. The van der Waals surface area contributed by atoms with E-state index in [9.17, 15) is 8.42 Å². The number of fused-ring (bicyclic) bond motifs is 1. The number of aryl methyl sites for hydroxylation is 2. The van der Waals surface area contributed by atoms with E-state index in [1.54, 1.807) is 23.5 Å². The Morgan fingerprint density at radius 3 is 2.52 bits per heavy atom. The molecule has 0 bridgehead atoms. The van der Waals surface area contributed by atoms with Crippen LogP contribution in [0.3, 0.4) is 0 Å². The molecule has 0 aliphatic carbocycles. The SMILES string of the molecule is Cc1nc(C)c(CN2CCN(C3=NS(=O)(=O)c4ccccc43)CC2)s1. The van der Waals surface area contributed by atoms with E-state index < -0.39 is 10.0 Å². The molecule has 2 aliphatic rings. The molecule has 4 rings (SSSR count). The highest BCUT2D eigenvalue weighted by molar-refractivity contribution is 7.90. The standard InChI is InChI=1S/C17H20N4O2S2/c1-12-15(24-13(2)18-12)11-20-7-9-21(10-8-20)17-14-5-3-4-6-16(14)25(22,23)19-17/h3-6H,7-11H2,1-2H3. The zero-order valence-electron chi connectivity index (χ0n) is 14.3. The van der Waals surface area contributed by atoms with Crippen molar-refractivity contribution in [3.63, 3.8) is 0 Å². The Bertz CT molecular complexity index is 941. The van der Waals surface area contributed by atoms with Crippen molar-refractivity contribution in [1.82, 2.24) is 14.8 Å². The summed E-state index contributed by atoms with van der Waals surface area (Å²) in [4.78, 5) is 10.6. The van der Waals surface area contributed by atoms with Crippen molar-refractivity contribution in [3.05, 3.63) is 45.4 Å². The molecular weight excluding hydrogens is 356 g/mol. The van der Waals surface area contributed by atoms with Crippen molar-refractivity contribution in [2.75, 3.05) is 26.2 Å². The van der Waals surface area contributed by atoms with Crippen LogP contribution in [0.2, 0.25) is 0 Å². The molecule has 1 aromatic heterocycles. The molecule has 0 N–H and O–H groups in total. The quantitative estimate of drug-likeness (QED) is 0.802. The lowest BCUT2D eigenvalue weighted by Crippen LogP contribution is -2.48. The van der Waals surface area contributed by atoms with Crippen LogP contribution in [0.4, 0.5) is 0 Å². The van der Waals surface area contributed by atoms with Gasteiger partial charge in [-0.25, -0.2) is 4.98 Å². The second kappa shape index (κ2) is 6.19. The maximum absolute atomic E-state index is 12.2. The van der Waals surface area contributed by atoms with E-state index in [0.717, 1.165) is 49.0 Å². The number of rotatable bonds is 2. The summed E-state index contributed by atoms with van der Waals surface area (Å²) in [6, 6.07) is 7.08. The molecule has 0 amide bonds. The first-order valence-corrected chi connectivity index (χ1v) is 10.5. The van der Waals surface area contributed by atoms with E-state index in [-0.39, 0.29) is 0 Å². The highest BCUT2D eigenvalue weighted by Crippen LogP contribution is 2.28. The third kappa shape index (κ3) is 3.09. The lowest BCUT2D eigenvalue weighted by molar-refractivity contribution is 0.177. The van der Waals surface area contributed by atoms with Crippen molar-refractivity contribution < 1.29 is 8.42 Å². The molecule has 25 heavy (non-hydrogen) atoms. The van der Waals surface area contributed by atoms with Gasteiger partial charge < -0.3 is 4.90 Å². The fraction of sp³-hybridized carbons (Fsp3) is 0.412. The summed E-state index contributed by atoms with van der Waals surface area (Å²) in [6.45, 7) is 8.33. The Kier molecular flexibility index (Phi) is 4.13. The van der Waals surface area contributed by atoms with Crippen LogP contribution in [-0.2, 0) is 16.6 Å². The highest BCUT2D eigenvalue weighted by Gasteiger charge is 2.32. The summed E-state index contributed by atoms with van der Waals surface area (Å²) < 4.78 is 28.5. The third-order valence-electron chi connectivity index (χ3n) is 4.65. The normalized spacial score (nSPS) is 19.8. The zero-order valence-corrected chi connectivity index (χ0v) is 15.9. The maximum atomic E-state index is 12.2. The van der Waals surface area contributed by atoms with Gasteiger partial charge in [0.25, 0.3) is 10.0 Å². The van der Waals surface area contributed by atoms with Gasteiger partial charge in [0.2, 0.25) is 0 Å². The predicted octanol–water partition coefficient (Wildman–Crippen LogP) is 2.03. The molecule has 0 saturated carbocycles. The molecular formula is C17H20N4O2S2. The second-order valence-corrected chi connectivity index (χ2v) is 9.25. The minimum Gasteiger partial charge on any atom is -0.353 e. The van der Waals surface area contributed by atoms with Gasteiger partial charge in [-0.05, 0) is 26.0 Å². The maximum Gasteiger partial charge on any atom is 0.285 e. The third-order valence-corrected chi connectivity index (χ3v) is 7.03. The van der Waals surface area contributed by atoms with E-state index >= 15 is 0 Å². The summed E-state index contributed by atoms with van der Waals surface area (Å²) in [5.41, 5.74) is 1.84. The number of nitrogens with zero attached hydrogens (tertiary/aromatic N) is 4. The van der Waals surface area contributed by atoms with Crippen LogP contribution in [0.5, 0.6) is 0 Å². The number of sulfonamides is 1. The van der Waals surface area contributed by atoms with E-state index in [1.165, 1.54) is 4.88 Å². The lowest BCUT2D eigenvalue weighted by Gasteiger charge is -2.35.